The van der Waals surface area contributed by atoms with Gasteiger partial charge in [-0.1, -0.05) is 33.4 Å². The first-order valence-electron chi connectivity index (χ1n) is 17.9. The Bertz CT molecular complexity index is 1700. The van der Waals surface area contributed by atoms with Crippen LogP contribution in [0.4, 0.5) is 0 Å². The summed E-state index contributed by atoms with van der Waals surface area (Å²) in [5.41, 5.74) is 7.51. The lowest BCUT2D eigenvalue weighted by molar-refractivity contribution is -0.866. The van der Waals surface area contributed by atoms with Crippen LogP contribution < -0.4 is 18.6 Å². The largest absolute Gasteiger partial charge is 0.704 e. The Kier molecular flexibility index (Phi) is 8.12. The Labute approximate surface area is 279 Å². The summed E-state index contributed by atoms with van der Waals surface area (Å²) in [6.07, 6.45) is 25.0. The molecule has 2 unspecified atom stereocenters. The van der Waals surface area contributed by atoms with Crippen molar-refractivity contribution in [3.05, 3.63) is 119 Å². The van der Waals surface area contributed by atoms with E-state index in [0.29, 0.717) is 12.1 Å². The molecular formula is C41H48N4O2+4. The van der Waals surface area contributed by atoms with Crippen LogP contribution in [-0.2, 0) is 25.9 Å². The summed E-state index contributed by atoms with van der Waals surface area (Å²) in [5.74, 6) is 1.91. The molecule has 4 aliphatic rings. The average molecular weight is 629 g/mol. The lowest BCUT2D eigenvalue weighted by Gasteiger charge is -2.29. The Morgan fingerprint density at radius 2 is 1.04 bits per heavy atom. The molecule has 0 N–H and O–H groups in total. The van der Waals surface area contributed by atoms with Gasteiger partial charge in [-0.25, -0.2) is 9.13 Å². The molecule has 2 aromatic carbocycles. The fraction of sp³-hybridized carbons (Fsp3) is 0.415. The van der Waals surface area contributed by atoms with Crippen LogP contribution in [0.15, 0.2) is 85.5 Å². The summed E-state index contributed by atoms with van der Waals surface area (Å²) in [7, 11) is 0. The van der Waals surface area contributed by atoms with Crippen molar-refractivity contribution in [1.82, 2.24) is 0 Å². The van der Waals surface area contributed by atoms with Crippen molar-refractivity contribution in [2.75, 3.05) is 0 Å². The van der Waals surface area contributed by atoms with E-state index in [9.17, 15) is 0 Å². The van der Waals surface area contributed by atoms with Gasteiger partial charge in [-0.2, -0.15) is 0 Å². The summed E-state index contributed by atoms with van der Waals surface area (Å²) >= 11 is 0. The molecule has 6 heteroatoms. The number of fused-ring (bicyclic) bond motifs is 5. The van der Waals surface area contributed by atoms with Gasteiger partial charge in [0.2, 0.25) is 12.1 Å². The quantitative estimate of drug-likeness (QED) is 0.155. The number of rotatable bonds is 10. The monoisotopic (exact) mass is 628 g/mol. The van der Waals surface area contributed by atoms with Crippen molar-refractivity contribution in [3.8, 4) is 11.5 Å². The fourth-order valence-electron chi connectivity index (χ4n) is 8.37. The lowest BCUT2D eigenvalue weighted by Crippen LogP contribution is -2.60. The normalized spacial score (nSPS) is 22.0. The highest BCUT2D eigenvalue weighted by atomic mass is 16.7. The molecule has 5 heterocycles. The van der Waals surface area contributed by atoms with E-state index in [4.69, 9.17) is 9.47 Å². The van der Waals surface area contributed by atoms with Crippen molar-refractivity contribution in [3.63, 3.8) is 0 Å². The Hall–Kier alpha value is -4.32. The highest BCUT2D eigenvalue weighted by Crippen LogP contribution is 2.46. The molecule has 240 valence electrons. The van der Waals surface area contributed by atoms with Crippen LogP contribution in [0.25, 0.3) is 0 Å². The molecule has 0 radical (unpaired) electrons. The molecule has 47 heavy (non-hydrogen) atoms. The molecule has 2 fully saturated rings. The van der Waals surface area contributed by atoms with Gasteiger partial charge in [-0.3, -0.25) is 0 Å². The number of aromatic nitrogens is 2. The maximum atomic E-state index is 7.13. The van der Waals surface area contributed by atoms with Crippen molar-refractivity contribution in [1.29, 1.82) is 0 Å². The van der Waals surface area contributed by atoms with E-state index in [2.05, 4.69) is 130 Å². The standard InChI is InChI=1S/C41H48N4O2/c1-31-25-33(15-7-13-23-42-19-9-3-10-20-42)27-35-29-44-37-17-5-6-18-38(37)45-30-36-28-34(16-8-14-24-43-21-11-4-12-22-43)26-32(2)40(36)47-41(44,45)46-39(31)35/h3-4,9-12,19-22,25-30,37-38H,5-8,13-18,23-24H2,1-2H3/q+4. The summed E-state index contributed by atoms with van der Waals surface area (Å²) in [4.78, 5) is 0. The van der Waals surface area contributed by atoms with E-state index in [1.807, 2.05) is 0 Å². The van der Waals surface area contributed by atoms with Gasteiger partial charge in [0.1, 0.15) is 13.1 Å². The van der Waals surface area contributed by atoms with Gasteiger partial charge in [-0.15, -0.1) is 0 Å². The van der Waals surface area contributed by atoms with Crippen LogP contribution in [0.2, 0.25) is 0 Å². The minimum Gasteiger partial charge on any atom is -0.340 e. The molecule has 2 atom stereocenters. The molecule has 1 spiro atoms. The fourth-order valence-corrected chi connectivity index (χ4v) is 8.37. The predicted molar refractivity (Wildman–Crippen MR) is 182 cm³/mol. The third-order valence-electron chi connectivity index (χ3n) is 10.6. The van der Waals surface area contributed by atoms with Crippen molar-refractivity contribution in [2.24, 2.45) is 0 Å². The van der Waals surface area contributed by atoms with E-state index in [0.717, 1.165) is 76.0 Å². The van der Waals surface area contributed by atoms with E-state index in [1.54, 1.807) is 0 Å². The Morgan fingerprint density at radius 3 is 1.49 bits per heavy atom. The zero-order chi connectivity index (χ0) is 31.8. The van der Waals surface area contributed by atoms with E-state index >= 15 is 0 Å². The number of aryl methyl sites for hydroxylation is 6. The van der Waals surface area contributed by atoms with Gasteiger partial charge in [0, 0.05) is 49.9 Å². The second-order valence-corrected chi connectivity index (χ2v) is 14.0. The van der Waals surface area contributed by atoms with Gasteiger partial charge in [0.05, 0.1) is 11.1 Å². The lowest BCUT2D eigenvalue weighted by atomic mass is 9.91. The van der Waals surface area contributed by atoms with E-state index in [1.165, 1.54) is 46.2 Å². The van der Waals surface area contributed by atoms with E-state index in [-0.39, 0.29) is 0 Å². The molecule has 0 amide bonds. The minimum absolute atomic E-state index is 0.365. The number of nitrogens with zero attached hydrogens (tertiary/aromatic N) is 4. The zero-order valence-electron chi connectivity index (χ0n) is 28.0. The molecule has 1 saturated carbocycles. The number of hydrogen-bond donors (Lipinski definition) is 0. The molecule has 8 rings (SSSR count). The number of unbranched alkanes of at least 4 members (excludes halogenated alkanes) is 2. The van der Waals surface area contributed by atoms with Crippen LogP contribution in [0.3, 0.4) is 0 Å². The first-order chi connectivity index (χ1) is 23.1. The van der Waals surface area contributed by atoms with Crippen LogP contribution in [0.5, 0.6) is 11.5 Å². The molecule has 3 aliphatic heterocycles. The van der Waals surface area contributed by atoms with Gasteiger partial charge >= 0.3 is 6.03 Å². The number of hydrogen-bond acceptors (Lipinski definition) is 2. The van der Waals surface area contributed by atoms with Crippen molar-refractivity contribution >= 4 is 12.4 Å². The summed E-state index contributed by atoms with van der Waals surface area (Å²) in [6.45, 7) is 6.50. The third-order valence-corrected chi connectivity index (χ3v) is 10.6. The summed E-state index contributed by atoms with van der Waals surface area (Å²) < 4.78 is 23.7. The molecule has 6 nitrogen and oxygen atoms in total. The van der Waals surface area contributed by atoms with Gasteiger partial charge in [-0.05, 0) is 86.8 Å². The van der Waals surface area contributed by atoms with Gasteiger partial charge < -0.3 is 9.47 Å². The van der Waals surface area contributed by atoms with Crippen LogP contribution in [0.1, 0.15) is 84.7 Å². The van der Waals surface area contributed by atoms with Gasteiger partial charge in [0.15, 0.2) is 48.7 Å². The SMILES string of the molecule is Cc1cc(CCCC[n+]2ccccc2)cc2c1OC13Oc4c(C)cc(CCCC[n+]5ccccc5)cc4C=[N+]1C1CCCCC1[N+]3=C2. The van der Waals surface area contributed by atoms with Crippen LogP contribution in [-0.4, -0.2) is 39.7 Å². The minimum atomic E-state index is -0.974. The second-order valence-electron chi connectivity index (χ2n) is 14.0. The molecule has 1 aliphatic carbocycles. The smallest absolute Gasteiger partial charge is 0.340 e. The number of benzene rings is 2. The second kappa shape index (κ2) is 12.7. The number of ether oxygens (including phenoxy) is 2. The first-order valence-corrected chi connectivity index (χ1v) is 17.9. The van der Waals surface area contributed by atoms with Gasteiger partial charge in [0.25, 0.3) is 0 Å². The molecule has 1 saturated heterocycles. The van der Waals surface area contributed by atoms with Crippen molar-refractivity contribution in [2.45, 2.75) is 109 Å². The van der Waals surface area contributed by atoms with Crippen LogP contribution >= 0.6 is 0 Å². The highest BCUT2D eigenvalue weighted by Gasteiger charge is 2.76. The maximum Gasteiger partial charge on any atom is 0.704 e. The predicted octanol–water partition coefficient (Wildman–Crippen LogP) is 6.21. The maximum absolute atomic E-state index is 7.13. The first kappa shape index (κ1) is 30.0. The average Bonchev–Trinajstić information content (AvgIpc) is 3.37. The molecule has 0 bridgehead atoms. The Morgan fingerprint density at radius 1 is 0.596 bits per heavy atom. The van der Waals surface area contributed by atoms with Crippen molar-refractivity contribution < 1.29 is 27.8 Å². The highest BCUT2D eigenvalue weighted by molar-refractivity contribution is 5.84. The summed E-state index contributed by atoms with van der Waals surface area (Å²) in [6, 6.07) is 21.7. The third kappa shape index (κ3) is 5.77. The molecule has 2 aromatic heterocycles. The molecule has 4 aromatic rings. The van der Waals surface area contributed by atoms with E-state index < -0.39 is 6.03 Å². The number of pyridine rings is 2. The topological polar surface area (TPSA) is 32.2 Å². The Balaban J connectivity index is 1.04. The molecular weight excluding hydrogens is 580 g/mol. The summed E-state index contributed by atoms with van der Waals surface area (Å²) in [5, 5.41) is 0. The van der Waals surface area contributed by atoms with Crippen LogP contribution in [0, 0.1) is 13.8 Å². The zero-order valence-corrected chi connectivity index (χ0v) is 28.0.